The van der Waals surface area contributed by atoms with E-state index in [9.17, 15) is 8.78 Å². The van der Waals surface area contributed by atoms with Crippen LogP contribution in [0.4, 0.5) is 20.4 Å². The van der Waals surface area contributed by atoms with E-state index in [1.54, 1.807) is 24.4 Å². The van der Waals surface area contributed by atoms with Gasteiger partial charge < -0.3 is 15.0 Å². The van der Waals surface area contributed by atoms with Gasteiger partial charge in [-0.25, -0.2) is 8.78 Å². The number of H-pyrrole nitrogens is 1. The maximum absolute atomic E-state index is 12.7. The van der Waals surface area contributed by atoms with Crippen LogP contribution in [-0.4, -0.2) is 37.8 Å². The lowest BCUT2D eigenvalue weighted by Gasteiger charge is -2.10. The highest BCUT2D eigenvalue weighted by molar-refractivity contribution is 6.35. The number of aromatic amines is 1. The first-order valence-corrected chi connectivity index (χ1v) is 8.61. The highest BCUT2D eigenvalue weighted by Crippen LogP contribution is 2.32. The number of hydrogen-bond donors (Lipinski definition) is 2. The number of aromatic nitrogens is 5. The Kier molecular flexibility index (Phi) is 4.53. The van der Waals surface area contributed by atoms with E-state index in [2.05, 4.69) is 25.4 Å². The predicted octanol–water partition coefficient (Wildman–Crippen LogP) is 4.37. The number of nitrogens with zero attached hydrogens (tertiary/aromatic N) is 4. The molecule has 10 heteroatoms. The summed E-state index contributed by atoms with van der Waals surface area (Å²) in [5.41, 5.74) is 1.77. The fraction of sp³-hybridized carbons (Fsp3) is 0.235. The third-order valence-corrected chi connectivity index (χ3v) is 4.27. The predicted molar refractivity (Wildman–Crippen MR) is 99.1 cm³/mol. The van der Waals surface area contributed by atoms with Crippen molar-refractivity contribution >= 4 is 45.2 Å². The van der Waals surface area contributed by atoms with Crippen LogP contribution in [0.5, 0.6) is 5.88 Å². The molecule has 0 aliphatic carbocycles. The standard InChI is InChI=1S/C17H15ClF2N6O/c1-2-27-16-14-10(18)7-21-15(14)24-17(25-16)23-11-4-3-5-12-9(11)6-22-26(12)8-13(19)20/h3-7,13H,2,8H2,1H3,(H2,21,23,24,25). The highest BCUT2D eigenvalue weighted by Gasteiger charge is 2.16. The largest absolute Gasteiger partial charge is 0.477 e. The lowest BCUT2D eigenvalue weighted by atomic mass is 10.2. The van der Waals surface area contributed by atoms with Crippen LogP contribution in [0.25, 0.3) is 21.9 Å². The summed E-state index contributed by atoms with van der Waals surface area (Å²) in [5.74, 6) is 0.649. The van der Waals surface area contributed by atoms with E-state index in [1.807, 2.05) is 6.92 Å². The average Bonchev–Trinajstić information content (AvgIpc) is 3.20. The molecule has 0 radical (unpaired) electrons. The van der Waals surface area contributed by atoms with Crippen molar-refractivity contribution in [1.29, 1.82) is 0 Å². The van der Waals surface area contributed by atoms with E-state index in [-0.39, 0.29) is 0 Å². The van der Waals surface area contributed by atoms with E-state index >= 15 is 0 Å². The van der Waals surface area contributed by atoms with Crippen molar-refractivity contribution in [3.05, 3.63) is 35.6 Å². The lowest BCUT2D eigenvalue weighted by Crippen LogP contribution is -2.07. The molecule has 0 spiro atoms. The van der Waals surface area contributed by atoms with Crippen LogP contribution in [0.1, 0.15) is 6.92 Å². The number of nitrogens with one attached hydrogen (secondary N) is 2. The summed E-state index contributed by atoms with van der Waals surface area (Å²) in [7, 11) is 0. The Morgan fingerprint density at radius 2 is 2.19 bits per heavy atom. The molecule has 0 unspecified atom stereocenters. The summed E-state index contributed by atoms with van der Waals surface area (Å²) in [5, 5.41) is 8.91. The summed E-state index contributed by atoms with van der Waals surface area (Å²) in [4.78, 5) is 11.8. The number of anilines is 2. The van der Waals surface area contributed by atoms with Gasteiger partial charge in [0.1, 0.15) is 12.2 Å². The van der Waals surface area contributed by atoms with Crippen LogP contribution in [-0.2, 0) is 6.54 Å². The second-order valence-corrected chi connectivity index (χ2v) is 6.13. The molecule has 2 N–H and O–H groups in total. The van der Waals surface area contributed by atoms with Crippen LogP contribution >= 0.6 is 11.6 Å². The first-order valence-electron chi connectivity index (χ1n) is 8.24. The third kappa shape index (κ3) is 3.25. The molecule has 0 amide bonds. The van der Waals surface area contributed by atoms with E-state index < -0.39 is 13.0 Å². The molecular weight excluding hydrogens is 378 g/mol. The first kappa shape index (κ1) is 17.5. The minimum absolute atomic E-state index is 0.290. The molecular formula is C17H15ClF2N6O. The van der Waals surface area contributed by atoms with Gasteiger partial charge in [0.15, 0.2) is 0 Å². The molecule has 0 atom stereocenters. The maximum Gasteiger partial charge on any atom is 0.257 e. The monoisotopic (exact) mass is 392 g/mol. The SMILES string of the molecule is CCOc1nc(Nc2cccc3c2cnn3CC(F)F)nc2[nH]cc(Cl)c12. The fourth-order valence-corrected chi connectivity index (χ4v) is 3.09. The van der Waals surface area contributed by atoms with Crippen molar-refractivity contribution in [2.24, 2.45) is 0 Å². The molecule has 0 fully saturated rings. The van der Waals surface area contributed by atoms with Gasteiger partial charge in [-0.1, -0.05) is 17.7 Å². The van der Waals surface area contributed by atoms with Crippen LogP contribution in [0.15, 0.2) is 30.6 Å². The highest BCUT2D eigenvalue weighted by atomic mass is 35.5. The van der Waals surface area contributed by atoms with Gasteiger partial charge in [-0.15, -0.1) is 0 Å². The van der Waals surface area contributed by atoms with Gasteiger partial charge in [-0.2, -0.15) is 15.1 Å². The van der Waals surface area contributed by atoms with E-state index in [0.717, 1.165) is 0 Å². The number of benzene rings is 1. The molecule has 4 aromatic rings. The Bertz CT molecular complexity index is 1110. The van der Waals surface area contributed by atoms with E-state index in [0.29, 0.717) is 51.1 Å². The zero-order valence-corrected chi connectivity index (χ0v) is 15.0. The molecule has 0 bridgehead atoms. The van der Waals surface area contributed by atoms with Gasteiger partial charge in [-0.3, -0.25) is 4.68 Å². The Hall–Kier alpha value is -2.94. The summed E-state index contributed by atoms with van der Waals surface area (Å²) >= 11 is 6.16. The molecule has 0 aliphatic heterocycles. The lowest BCUT2D eigenvalue weighted by molar-refractivity contribution is 0.123. The molecule has 0 saturated carbocycles. The molecule has 27 heavy (non-hydrogen) atoms. The summed E-state index contributed by atoms with van der Waals surface area (Å²) in [6.07, 6.45) is 0.664. The van der Waals surface area contributed by atoms with Crippen LogP contribution in [0, 0.1) is 0 Å². The van der Waals surface area contributed by atoms with Crippen molar-refractivity contribution in [2.45, 2.75) is 19.9 Å². The molecule has 0 aliphatic rings. The Morgan fingerprint density at radius 1 is 1.33 bits per heavy atom. The van der Waals surface area contributed by atoms with Gasteiger partial charge in [0.2, 0.25) is 11.8 Å². The molecule has 3 heterocycles. The number of fused-ring (bicyclic) bond motifs is 2. The number of ether oxygens (including phenoxy) is 1. The maximum atomic E-state index is 12.7. The van der Waals surface area contributed by atoms with Gasteiger partial charge in [0.25, 0.3) is 6.43 Å². The van der Waals surface area contributed by atoms with Gasteiger partial charge in [0, 0.05) is 11.6 Å². The number of halogens is 3. The molecule has 3 aromatic heterocycles. The fourth-order valence-electron chi connectivity index (χ4n) is 2.87. The quantitative estimate of drug-likeness (QED) is 0.509. The van der Waals surface area contributed by atoms with Gasteiger partial charge in [-0.05, 0) is 19.1 Å². The van der Waals surface area contributed by atoms with E-state index in [1.165, 1.54) is 10.9 Å². The second-order valence-electron chi connectivity index (χ2n) is 5.73. The van der Waals surface area contributed by atoms with Crippen molar-refractivity contribution in [1.82, 2.24) is 24.7 Å². The average molecular weight is 393 g/mol. The third-order valence-electron chi connectivity index (χ3n) is 3.98. The molecule has 1 aromatic carbocycles. The van der Waals surface area contributed by atoms with Crippen LogP contribution in [0.3, 0.4) is 0 Å². The molecule has 4 rings (SSSR count). The summed E-state index contributed by atoms with van der Waals surface area (Å²) < 4.78 is 32.3. The normalized spacial score (nSPS) is 11.6. The minimum Gasteiger partial charge on any atom is -0.477 e. The Balaban J connectivity index is 1.75. The van der Waals surface area contributed by atoms with E-state index in [4.69, 9.17) is 16.3 Å². The van der Waals surface area contributed by atoms with Crippen molar-refractivity contribution in [3.8, 4) is 5.88 Å². The summed E-state index contributed by atoms with van der Waals surface area (Å²) in [6, 6.07) is 5.28. The topological polar surface area (TPSA) is 80.7 Å². The van der Waals surface area contributed by atoms with Crippen molar-refractivity contribution in [2.75, 3.05) is 11.9 Å². The van der Waals surface area contributed by atoms with Gasteiger partial charge in [0.05, 0.1) is 34.4 Å². The Morgan fingerprint density at radius 3 is 2.96 bits per heavy atom. The molecule has 7 nitrogen and oxygen atoms in total. The number of alkyl halides is 2. The van der Waals surface area contributed by atoms with Crippen molar-refractivity contribution in [3.63, 3.8) is 0 Å². The molecule has 0 saturated heterocycles. The second kappa shape index (κ2) is 6.99. The molecule has 140 valence electrons. The summed E-state index contributed by atoms with van der Waals surface area (Å²) in [6.45, 7) is 1.80. The van der Waals surface area contributed by atoms with Crippen molar-refractivity contribution < 1.29 is 13.5 Å². The zero-order valence-electron chi connectivity index (χ0n) is 14.2. The zero-order chi connectivity index (χ0) is 19.0. The minimum atomic E-state index is -2.48. The smallest absolute Gasteiger partial charge is 0.257 e. The first-order chi connectivity index (χ1) is 13.1. The van der Waals surface area contributed by atoms with Crippen LogP contribution < -0.4 is 10.1 Å². The number of rotatable bonds is 6. The Labute approximate surface area is 157 Å². The number of hydrogen-bond acceptors (Lipinski definition) is 5. The van der Waals surface area contributed by atoms with Gasteiger partial charge >= 0.3 is 0 Å². The van der Waals surface area contributed by atoms with Crippen LogP contribution in [0.2, 0.25) is 5.02 Å².